The Morgan fingerprint density at radius 1 is 1.27 bits per heavy atom. The minimum Gasteiger partial charge on any atom is -0.383 e. The lowest BCUT2D eigenvalue weighted by Crippen LogP contribution is -2.19. The molecule has 3 rings (SSSR count). The summed E-state index contributed by atoms with van der Waals surface area (Å²) in [5.74, 6) is -0.478. The van der Waals surface area contributed by atoms with Crippen LogP contribution < -0.4 is 4.80 Å². The van der Waals surface area contributed by atoms with Crippen molar-refractivity contribution in [2.75, 3.05) is 13.7 Å². The number of methoxy groups -OCH3 is 1. The molecule has 9 heteroatoms. The average molecular weight is 391 g/mol. The van der Waals surface area contributed by atoms with E-state index in [2.05, 4.69) is 17.1 Å². The molecule has 0 saturated carbocycles. The molecule has 26 heavy (non-hydrogen) atoms. The van der Waals surface area contributed by atoms with Crippen molar-refractivity contribution in [2.45, 2.75) is 20.4 Å². The molecule has 136 valence electrons. The number of aryl methyl sites for hydroxylation is 2. The second-order valence-corrected chi connectivity index (χ2v) is 7.82. The summed E-state index contributed by atoms with van der Waals surface area (Å²) in [6.07, 6.45) is 0. The second-order valence-electron chi connectivity index (χ2n) is 5.75. The van der Waals surface area contributed by atoms with Crippen molar-refractivity contribution in [1.29, 1.82) is 0 Å². The van der Waals surface area contributed by atoms with Crippen LogP contribution in [-0.2, 0) is 11.3 Å². The Morgan fingerprint density at radius 3 is 2.65 bits per heavy atom. The number of nitrogens with zero attached hydrogens (tertiary/aromatic N) is 3. The average Bonchev–Trinajstić information content (AvgIpc) is 3.19. The maximum absolute atomic E-state index is 12.5. The largest absolute Gasteiger partial charge is 0.383 e. The molecule has 0 atom stereocenters. The summed E-state index contributed by atoms with van der Waals surface area (Å²) in [6.45, 7) is 5.14. The summed E-state index contributed by atoms with van der Waals surface area (Å²) in [5, 5.41) is 10.7. The highest BCUT2D eigenvalue weighted by molar-refractivity contribution is 7.17. The predicted octanol–water partition coefficient (Wildman–Crippen LogP) is 3.68. The summed E-state index contributed by atoms with van der Waals surface area (Å²) in [4.78, 5) is 27.8. The molecule has 3 aromatic rings. The first-order valence-electron chi connectivity index (χ1n) is 7.83. The van der Waals surface area contributed by atoms with E-state index >= 15 is 0 Å². The quantitative estimate of drug-likeness (QED) is 0.490. The van der Waals surface area contributed by atoms with Crippen molar-refractivity contribution < 1.29 is 14.5 Å². The number of benzene rings is 1. The Labute approximate surface area is 157 Å². The summed E-state index contributed by atoms with van der Waals surface area (Å²) in [6, 6.07) is 6.92. The molecular formula is C17H17N3O4S2. The van der Waals surface area contributed by atoms with Crippen LogP contribution in [0, 0.1) is 24.0 Å². The van der Waals surface area contributed by atoms with Gasteiger partial charge < -0.3 is 9.30 Å². The molecular weight excluding hydrogens is 374 g/mol. The van der Waals surface area contributed by atoms with Gasteiger partial charge in [-0.25, -0.2) is 0 Å². The Hall–Kier alpha value is -2.36. The molecule has 0 N–H and O–H groups in total. The van der Waals surface area contributed by atoms with Gasteiger partial charge in [0.05, 0.1) is 21.7 Å². The van der Waals surface area contributed by atoms with Gasteiger partial charge in [0.25, 0.3) is 5.91 Å². The number of aromatic nitrogens is 1. The fourth-order valence-corrected chi connectivity index (χ4v) is 4.33. The van der Waals surface area contributed by atoms with Crippen LogP contribution in [0.25, 0.3) is 10.2 Å². The van der Waals surface area contributed by atoms with Gasteiger partial charge in [0.2, 0.25) is 0 Å². The maximum atomic E-state index is 12.5. The van der Waals surface area contributed by atoms with Crippen LogP contribution in [0.5, 0.6) is 0 Å². The van der Waals surface area contributed by atoms with Crippen LogP contribution in [0.1, 0.15) is 20.8 Å². The minimum atomic E-state index is -0.509. The third kappa shape index (κ3) is 3.59. The van der Waals surface area contributed by atoms with Crippen LogP contribution in [0.15, 0.2) is 29.3 Å². The van der Waals surface area contributed by atoms with Crippen LogP contribution in [0.2, 0.25) is 0 Å². The van der Waals surface area contributed by atoms with E-state index in [0.717, 1.165) is 27.1 Å². The number of carbonyl (C=O) groups excluding carboxylic acids is 1. The number of fused-ring (bicyclic) bond motifs is 1. The van der Waals surface area contributed by atoms with Gasteiger partial charge in [-0.05, 0) is 43.2 Å². The number of amides is 1. The molecule has 0 saturated heterocycles. The normalized spacial score (nSPS) is 12.0. The molecule has 0 bridgehead atoms. The molecule has 0 spiro atoms. The van der Waals surface area contributed by atoms with Gasteiger partial charge in [0.15, 0.2) is 4.80 Å². The van der Waals surface area contributed by atoms with E-state index in [-0.39, 0.29) is 9.88 Å². The van der Waals surface area contributed by atoms with E-state index in [0.29, 0.717) is 18.0 Å². The lowest BCUT2D eigenvalue weighted by Gasteiger charge is -2.06. The minimum absolute atomic E-state index is 0.0709. The third-order valence-corrected chi connectivity index (χ3v) is 6.06. The van der Waals surface area contributed by atoms with E-state index in [9.17, 15) is 14.9 Å². The van der Waals surface area contributed by atoms with Gasteiger partial charge in [-0.2, -0.15) is 4.99 Å². The Kier molecular flexibility index (Phi) is 5.30. The van der Waals surface area contributed by atoms with E-state index in [1.807, 2.05) is 18.4 Å². The van der Waals surface area contributed by atoms with Crippen molar-refractivity contribution in [1.82, 2.24) is 4.57 Å². The zero-order valence-corrected chi connectivity index (χ0v) is 16.1. The van der Waals surface area contributed by atoms with Crippen molar-refractivity contribution in [3.8, 4) is 0 Å². The molecule has 0 aliphatic heterocycles. The monoisotopic (exact) mass is 391 g/mol. The molecule has 0 aliphatic carbocycles. The fraction of sp³-hybridized carbons (Fsp3) is 0.294. The van der Waals surface area contributed by atoms with Gasteiger partial charge in [-0.1, -0.05) is 22.7 Å². The first kappa shape index (κ1) is 18.4. The first-order chi connectivity index (χ1) is 12.4. The van der Waals surface area contributed by atoms with Gasteiger partial charge in [-0.15, -0.1) is 0 Å². The Balaban J connectivity index is 2.10. The van der Waals surface area contributed by atoms with Crippen LogP contribution in [-0.4, -0.2) is 29.1 Å². The molecule has 1 amide bonds. The van der Waals surface area contributed by atoms with Gasteiger partial charge in [0.1, 0.15) is 4.88 Å². The Morgan fingerprint density at radius 2 is 2.00 bits per heavy atom. The lowest BCUT2D eigenvalue weighted by atomic mass is 10.1. The summed E-state index contributed by atoms with van der Waals surface area (Å²) in [7, 11) is 1.62. The number of hydrogen-bond acceptors (Lipinski definition) is 6. The summed E-state index contributed by atoms with van der Waals surface area (Å²) >= 11 is 2.26. The number of carbonyl (C=O) groups is 1. The molecule has 2 aromatic heterocycles. The second kappa shape index (κ2) is 7.48. The van der Waals surface area contributed by atoms with E-state index in [1.54, 1.807) is 7.11 Å². The fourth-order valence-electron chi connectivity index (χ4n) is 2.49. The van der Waals surface area contributed by atoms with Crippen LogP contribution in [0.3, 0.4) is 0 Å². The molecule has 0 aliphatic rings. The van der Waals surface area contributed by atoms with Gasteiger partial charge in [0, 0.05) is 19.7 Å². The topological polar surface area (TPSA) is 86.7 Å². The zero-order chi connectivity index (χ0) is 18.8. The van der Waals surface area contributed by atoms with E-state index < -0.39 is 10.8 Å². The van der Waals surface area contributed by atoms with Crippen molar-refractivity contribution in [2.24, 2.45) is 4.99 Å². The molecule has 0 fully saturated rings. The number of rotatable bonds is 5. The van der Waals surface area contributed by atoms with Crippen LogP contribution >= 0.6 is 22.7 Å². The number of nitro groups is 1. The highest BCUT2D eigenvalue weighted by Crippen LogP contribution is 2.25. The van der Waals surface area contributed by atoms with Gasteiger partial charge in [-0.3, -0.25) is 14.9 Å². The predicted molar refractivity (Wildman–Crippen MR) is 102 cm³/mol. The zero-order valence-electron chi connectivity index (χ0n) is 14.5. The number of hydrogen-bond donors (Lipinski definition) is 0. The van der Waals surface area contributed by atoms with Crippen LogP contribution in [0.4, 0.5) is 5.00 Å². The summed E-state index contributed by atoms with van der Waals surface area (Å²) < 4.78 is 8.17. The lowest BCUT2D eigenvalue weighted by molar-refractivity contribution is -0.380. The number of ether oxygens (including phenoxy) is 1. The molecule has 0 radical (unpaired) electrons. The first-order valence-corrected chi connectivity index (χ1v) is 9.47. The van der Waals surface area contributed by atoms with E-state index in [1.165, 1.54) is 29.0 Å². The SMILES string of the molecule is COCCn1c(=NC(=O)c2ccc([N+](=O)[O-])s2)sc2cc(C)c(C)cc21. The molecule has 2 heterocycles. The number of thiophene rings is 1. The number of thiazole rings is 1. The highest BCUT2D eigenvalue weighted by Gasteiger charge is 2.16. The standard InChI is InChI=1S/C17H17N3O4S2/c1-10-8-12-14(9-11(10)2)26-17(19(12)6-7-24-3)18-16(21)13-4-5-15(25-13)20(22)23/h4-5,8-9H,6-7H2,1-3H3. The smallest absolute Gasteiger partial charge is 0.324 e. The van der Waals surface area contributed by atoms with Crippen molar-refractivity contribution in [3.63, 3.8) is 0 Å². The van der Waals surface area contributed by atoms with E-state index in [4.69, 9.17) is 4.74 Å². The maximum Gasteiger partial charge on any atom is 0.324 e. The van der Waals surface area contributed by atoms with Crippen molar-refractivity contribution in [3.05, 3.63) is 55.2 Å². The summed E-state index contributed by atoms with van der Waals surface area (Å²) in [5.41, 5.74) is 3.33. The highest BCUT2D eigenvalue weighted by atomic mass is 32.1. The Bertz CT molecular complexity index is 1060. The molecule has 0 unspecified atom stereocenters. The molecule has 1 aromatic carbocycles. The third-order valence-electron chi connectivity index (χ3n) is 4.00. The van der Waals surface area contributed by atoms with Crippen molar-refractivity contribution >= 4 is 43.8 Å². The molecule has 7 nitrogen and oxygen atoms in total. The van der Waals surface area contributed by atoms with Gasteiger partial charge >= 0.3 is 5.00 Å².